The fraction of sp³-hybridized carbons (Fsp3) is 0.158. The Morgan fingerprint density at radius 2 is 1.89 bits per heavy atom. The Morgan fingerprint density at radius 1 is 1.11 bits per heavy atom. The second-order valence-corrected chi connectivity index (χ2v) is 6.99. The molecule has 0 aliphatic rings. The zero-order valence-corrected chi connectivity index (χ0v) is 16.7. The Labute approximate surface area is 171 Å². The van der Waals surface area contributed by atoms with Gasteiger partial charge in [-0.05, 0) is 42.5 Å². The van der Waals surface area contributed by atoms with Gasteiger partial charge < -0.3 is 13.8 Å². The lowest BCUT2D eigenvalue weighted by atomic mass is 10.2. The first-order valence-corrected chi connectivity index (χ1v) is 9.27. The number of halogens is 1. The molecule has 1 unspecified atom stereocenters. The van der Waals surface area contributed by atoms with Crippen LogP contribution in [0.4, 0.5) is 0 Å². The molecule has 0 spiro atoms. The molecule has 0 bridgehead atoms. The van der Waals surface area contributed by atoms with Crippen LogP contribution in [0, 0.1) is 0 Å². The Hall–Kier alpha value is -2.84. The van der Waals surface area contributed by atoms with Crippen molar-refractivity contribution in [1.82, 2.24) is 24.9 Å². The van der Waals surface area contributed by atoms with Crippen molar-refractivity contribution in [3.8, 4) is 28.6 Å². The van der Waals surface area contributed by atoms with Crippen molar-refractivity contribution in [1.29, 1.82) is 0 Å². The lowest BCUT2D eigenvalue weighted by molar-refractivity contribution is 0.415. The molecule has 0 saturated heterocycles. The Balaban J connectivity index is 1.62. The summed E-state index contributed by atoms with van der Waals surface area (Å²) in [7, 11) is 3.50. The van der Waals surface area contributed by atoms with E-state index in [1.54, 1.807) is 19.2 Å². The molecule has 9 heteroatoms. The van der Waals surface area contributed by atoms with Gasteiger partial charge in [-0.3, -0.25) is 0 Å². The fourth-order valence-corrected chi connectivity index (χ4v) is 3.29. The molecule has 2 aromatic heterocycles. The minimum atomic E-state index is -0.499. The molecule has 2 heterocycles. The van der Waals surface area contributed by atoms with E-state index in [1.165, 1.54) is 0 Å². The van der Waals surface area contributed by atoms with Crippen molar-refractivity contribution in [3.63, 3.8) is 0 Å². The van der Waals surface area contributed by atoms with Crippen LogP contribution >= 0.6 is 24.2 Å². The molecule has 0 radical (unpaired) electrons. The van der Waals surface area contributed by atoms with E-state index in [0.717, 1.165) is 16.9 Å². The summed E-state index contributed by atoms with van der Waals surface area (Å²) < 4.78 is 12.4. The predicted octanol–water partition coefficient (Wildman–Crippen LogP) is 4.21. The van der Waals surface area contributed by atoms with Gasteiger partial charge in [0.1, 0.15) is 11.0 Å². The van der Waals surface area contributed by atoms with Gasteiger partial charge in [0.15, 0.2) is 17.5 Å². The summed E-state index contributed by atoms with van der Waals surface area (Å²) in [5, 5.41) is 12.7. The van der Waals surface area contributed by atoms with E-state index in [0.29, 0.717) is 28.4 Å². The highest BCUT2D eigenvalue weighted by Gasteiger charge is 2.24. The summed E-state index contributed by atoms with van der Waals surface area (Å²) in [5.41, 5.74) is 1.65. The van der Waals surface area contributed by atoms with Crippen LogP contribution in [0.2, 0.25) is 5.02 Å². The monoisotopic (exact) mass is 413 g/mol. The van der Waals surface area contributed by atoms with E-state index >= 15 is 0 Å². The lowest BCUT2D eigenvalue weighted by Gasteiger charge is -2.07. The molecule has 2 aromatic carbocycles. The third-order valence-electron chi connectivity index (χ3n) is 4.26. The third kappa shape index (κ3) is 3.48. The molecule has 0 fully saturated rings. The maximum absolute atomic E-state index is 6.03. The van der Waals surface area contributed by atoms with E-state index in [2.05, 4.69) is 33.0 Å². The number of hydrogen-bond donors (Lipinski definition) is 1. The van der Waals surface area contributed by atoms with Crippen LogP contribution < -0.4 is 4.74 Å². The van der Waals surface area contributed by atoms with Crippen LogP contribution in [0.15, 0.2) is 53.1 Å². The summed E-state index contributed by atoms with van der Waals surface area (Å²) in [6.07, 6.45) is 0. The number of ether oxygens (including phenoxy) is 1. The molecule has 0 aliphatic heterocycles. The largest absolute Gasteiger partial charge is 0.497 e. The van der Waals surface area contributed by atoms with Gasteiger partial charge in [-0.2, -0.15) is 17.6 Å². The first kappa shape index (κ1) is 18.5. The Bertz CT molecular complexity index is 1110. The van der Waals surface area contributed by atoms with Gasteiger partial charge in [0.25, 0.3) is 5.89 Å². The molecule has 1 atom stereocenters. The van der Waals surface area contributed by atoms with Crippen LogP contribution in [-0.4, -0.2) is 32.0 Å². The molecule has 0 N–H and O–H groups in total. The van der Waals surface area contributed by atoms with E-state index in [1.807, 2.05) is 48.0 Å². The summed E-state index contributed by atoms with van der Waals surface area (Å²) in [6.45, 7) is 0. The highest BCUT2D eigenvalue weighted by Crippen LogP contribution is 2.30. The topological polar surface area (TPSA) is 78.9 Å². The number of methoxy groups -OCH3 is 1. The van der Waals surface area contributed by atoms with Gasteiger partial charge in [0.05, 0.1) is 7.11 Å². The second-order valence-electron chi connectivity index (χ2n) is 6.04. The van der Waals surface area contributed by atoms with E-state index in [9.17, 15) is 0 Å². The van der Waals surface area contributed by atoms with Gasteiger partial charge in [-0.1, -0.05) is 22.8 Å². The van der Waals surface area contributed by atoms with Gasteiger partial charge in [-0.25, -0.2) is 0 Å². The lowest BCUT2D eigenvalue weighted by Crippen LogP contribution is -2.05. The van der Waals surface area contributed by atoms with Gasteiger partial charge in [0, 0.05) is 23.2 Å². The van der Waals surface area contributed by atoms with E-state index in [-0.39, 0.29) is 0 Å². The standard InChI is InChI=1S/C19H16ClN5O2S/c1-25-17(11-6-8-14(26-2)9-7-11)22-23-18(25)15(28)16-21-19(27-24-16)12-4-3-5-13(20)10-12/h3-10,15,28H,1-2H3. The molecule has 4 rings (SSSR count). The molecule has 4 aromatic rings. The van der Waals surface area contributed by atoms with Gasteiger partial charge in [0.2, 0.25) is 0 Å². The second kappa shape index (κ2) is 7.65. The molecule has 0 amide bonds. The average molecular weight is 414 g/mol. The Morgan fingerprint density at radius 3 is 2.61 bits per heavy atom. The fourth-order valence-electron chi connectivity index (χ4n) is 2.77. The molecule has 142 valence electrons. The summed E-state index contributed by atoms with van der Waals surface area (Å²) >= 11 is 10.7. The van der Waals surface area contributed by atoms with Crippen molar-refractivity contribution >= 4 is 24.2 Å². The molecule has 0 saturated carbocycles. The van der Waals surface area contributed by atoms with Crippen LogP contribution in [-0.2, 0) is 7.05 Å². The molecule has 7 nitrogen and oxygen atoms in total. The quantitative estimate of drug-likeness (QED) is 0.493. The number of aromatic nitrogens is 5. The Kier molecular flexibility index (Phi) is 5.06. The number of hydrogen-bond acceptors (Lipinski definition) is 7. The van der Waals surface area contributed by atoms with Crippen molar-refractivity contribution < 1.29 is 9.26 Å². The zero-order chi connectivity index (χ0) is 19.7. The molecular formula is C19H16ClN5O2S. The number of benzene rings is 2. The predicted molar refractivity (Wildman–Crippen MR) is 109 cm³/mol. The molecule has 28 heavy (non-hydrogen) atoms. The maximum atomic E-state index is 6.03. The smallest absolute Gasteiger partial charge is 0.258 e. The minimum absolute atomic E-state index is 0.370. The van der Waals surface area contributed by atoms with Crippen LogP contribution in [0.5, 0.6) is 5.75 Å². The first-order chi connectivity index (χ1) is 13.6. The van der Waals surface area contributed by atoms with Crippen molar-refractivity contribution in [2.24, 2.45) is 7.05 Å². The average Bonchev–Trinajstić information content (AvgIpc) is 3.35. The van der Waals surface area contributed by atoms with Crippen molar-refractivity contribution in [2.75, 3.05) is 7.11 Å². The zero-order valence-electron chi connectivity index (χ0n) is 15.1. The highest BCUT2D eigenvalue weighted by atomic mass is 35.5. The van der Waals surface area contributed by atoms with E-state index in [4.69, 9.17) is 20.9 Å². The maximum Gasteiger partial charge on any atom is 0.258 e. The summed E-state index contributed by atoms with van der Waals surface area (Å²) in [5.74, 6) is 2.85. The van der Waals surface area contributed by atoms with E-state index < -0.39 is 5.25 Å². The van der Waals surface area contributed by atoms with Crippen LogP contribution in [0.1, 0.15) is 16.9 Å². The third-order valence-corrected chi connectivity index (χ3v) is 4.96. The minimum Gasteiger partial charge on any atom is -0.497 e. The SMILES string of the molecule is COc1ccc(-c2nnc(C(S)c3noc(-c4cccc(Cl)c4)n3)n2C)cc1. The van der Waals surface area contributed by atoms with Gasteiger partial charge in [-0.15, -0.1) is 10.2 Å². The van der Waals surface area contributed by atoms with Crippen molar-refractivity contribution in [3.05, 3.63) is 65.2 Å². The summed E-state index contributed by atoms with van der Waals surface area (Å²) in [4.78, 5) is 4.43. The van der Waals surface area contributed by atoms with Crippen LogP contribution in [0.25, 0.3) is 22.8 Å². The number of nitrogens with zero attached hydrogens (tertiary/aromatic N) is 5. The van der Waals surface area contributed by atoms with Crippen LogP contribution in [0.3, 0.4) is 0 Å². The van der Waals surface area contributed by atoms with Gasteiger partial charge >= 0.3 is 0 Å². The van der Waals surface area contributed by atoms with Crippen molar-refractivity contribution in [2.45, 2.75) is 5.25 Å². The summed E-state index contributed by atoms with van der Waals surface area (Å²) in [6, 6.07) is 14.8. The first-order valence-electron chi connectivity index (χ1n) is 8.38. The molecular weight excluding hydrogens is 398 g/mol. The molecule has 0 aliphatic carbocycles. The normalized spacial score (nSPS) is 12.1. The highest BCUT2D eigenvalue weighted by molar-refractivity contribution is 7.80. The number of thiol groups is 1. The number of rotatable bonds is 5.